The number of nitrogens with zero attached hydrogens (tertiary/aromatic N) is 1. The van der Waals surface area contributed by atoms with E-state index in [1.807, 2.05) is 25.1 Å². The Morgan fingerprint density at radius 3 is 2.47 bits per heavy atom. The van der Waals surface area contributed by atoms with Crippen LogP contribution >= 0.6 is 0 Å². The molecule has 1 fully saturated rings. The second kappa shape index (κ2) is 9.01. The minimum atomic E-state index is -0.840. The van der Waals surface area contributed by atoms with Gasteiger partial charge in [0, 0.05) is 16.7 Å². The van der Waals surface area contributed by atoms with Gasteiger partial charge in [0.2, 0.25) is 12.3 Å². The van der Waals surface area contributed by atoms with Gasteiger partial charge in [-0.2, -0.15) is 0 Å². The van der Waals surface area contributed by atoms with Crippen LogP contribution in [0.15, 0.2) is 72.8 Å². The van der Waals surface area contributed by atoms with Crippen molar-refractivity contribution in [2.24, 2.45) is 0 Å². The smallest absolute Gasteiger partial charge is 0.304 e. The van der Waals surface area contributed by atoms with E-state index >= 15 is 0 Å². The summed E-state index contributed by atoms with van der Waals surface area (Å²) in [6.45, 7) is 1.90. The minimum absolute atomic E-state index is 0.337. The highest BCUT2D eigenvalue weighted by atomic mass is 19.1. The Labute approximate surface area is 185 Å². The molecule has 0 bridgehead atoms. The van der Waals surface area contributed by atoms with Gasteiger partial charge in [0.25, 0.3) is 5.91 Å². The second-order valence-corrected chi connectivity index (χ2v) is 7.60. The molecule has 3 aromatic carbocycles. The Kier molecular flexibility index (Phi) is 5.98. The van der Waals surface area contributed by atoms with Crippen LogP contribution in [0.3, 0.4) is 0 Å². The molecule has 32 heavy (non-hydrogen) atoms. The van der Waals surface area contributed by atoms with Crippen LogP contribution in [0.4, 0.5) is 4.39 Å². The Morgan fingerprint density at radius 1 is 1.09 bits per heavy atom. The van der Waals surface area contributed by atoms with Crippen molar-refractivity contribution in [2.75, 3.05) is 7.11 Å². The molecule has 1 aliphatic heterocycles. The first-order chi connectivity index (χ1) is 15.4. The summed E-state index contributed by atoms with van der Waals surface area (Å²) in [5.41, 5.74) is 5.75. The SMILES string of the molecule is COc1ccc([C@@H]2[C@H](NC(=O)c3cccc(C)c3)C(=O)N/[N+]2=C\c2ccc(F)cc2)cc1. The summed E-state index contributed by atoms with van der Waals surface area (Å²) in [6, 6.07) is 19.0. The highest BCUT2D eigenvalue weighted by Crippen LogP contribution is 2.27. The van der Waals surface area contributed by atoms with E-state index < -0.39 is 12.1 Å². The molecule has 3 aromatic rings. The monoisotopic (exact) mass is 432 g/mol. The van der Waals surface area contributed by atoms with Crippen molar-refractivity contribution >= 4 is 18.0 Å². The average Bonchev–Trinajstić information content (AvgIpc) is 3.09. The van der Waals surface area contributed by atoms with Gasteiger partial charge < -0.3 is 10.1 Å². The van der Waals surface area contributed by atoms with E-state index in [-0.39, 0.29) is 17.6 Å². The van der Waals surface area contributed by atoms with Gasteiger partial charge in [0.1, 0.15) is 11.6 Å². The third-order valence-electron chi connectivity index (χ3n) is 5.32. The van der Waals surface area contributed by atoms with Crippen molar-refractivity contribution in [1.29, 1.82) is 0 Å². The number of aryl methyl sites for hydroxylation is 1. The van der Waals surface area contributed by atoms with E-state index in [4.69, 9.17) is 4.74 Å². The van der Waals surface area contributed by atoms with Crippen LogP contribution in [-0.4, -0.2) is 35.9 Å². The Bertz CT molecular complexity index is 1170. The number of nitrogens with one attached hydrogen (secondary N) is 2. The maximum atomic E-state index is 13.3. The number of carbonyl (C=O) groups is 2. The standard InChI is InChI=1S/C25H22FN3O3/c1-16-4-3-5-19(14-16)24(30)27-22-23(18-8-12-21(32-2)13-9-18)29(28-25(22)31)15-17-6-10-20(26)11-7-17/h3-15,22-23H,1-2H3,(H-,27,28,30,31)/p+1/b29-15-/t22-,23+/m0/s1. The molecule has 1 heterocycles. The molecule has 7 heteroatoms. The number of hydrogen-bond acceptors (Lipinski definition) is 3. The van der Waals surface area contributed by atoms with E-state index in [0.29, 0.717) is 16.9 Å². The van der Waals surface area contributed by atoms with Crippen LogP contribution in [0.1, 0.15) is 33.1 Å². The van der Waals surface area contributed by atoms with Crippen LogP contribution in [0, 0.1) is 12.7 Å². The molecule has 162 valence electrons. The van der Waals surface area contributed by atoms with Crippen molar-refractivity contribution in [3.8, 4) is 5.75 Å². The number of hydrogen-bond donors (Lipinski definition) is 2. The second-order valence-electron chi connectivity index (χ2n) is 7.60. The fraction of sp³-hybridized carbons (Fsp3) is 0.160. The Morgan fingerprint density at radius 2 is 1.81 bits per heavy atom. The van der Waals surface area contributed by atoms with Gasteiger partial charge in [-0.25, -0.2) is 4.39 Å². The number of ether oxygens (including phenoxy) is 1. The molecule has 0 aliphatic carbocycles. The maximum absolute atomic E-state index is 13.3. The fourth-order valence-electron chi connectivity index (χ4n) is 3.70. The molecule has 0 spiro atoms. The Hall–Kier alpha value is -4.00. The minimum Gasteiger partial charge on any atom is -0.497 e. The Balaban J connectivity index is 1.70. The molecule has 0 aromatic heterocycles. The van der Waals surface area contributed by atoms with Gasteiger partial charge in [0.15, 0.2) is 6.04 Å². The number of benzene rings is 3. The molecule has 6 nitrogen and oxygen atoms in total. The third kappa shape index (κ3) is 4.51. The lowest BCUT2D eigenvalue weighted by molar-refractivity contribution is -0.596. The molecule has 2 N–H and O–H groups in total. The van der Waals surface area contributed by atoms with Gasteiger partial charge in [-0.3, -0.25) is 9.59 Å². The number of hydrazone groups is 1. The van der Waals surface area contributed by atoms with Gasteiger partial charge in [-0.05, 0) is 67.6 Å². The van der Waals surface area contributed by atoms with Gasteiger partial charge in [-0.15, -0.1) is 10.1 Å². The first-order valence-electron chi connectivity index (χ1n) is 10.2. The molecule has 0 saturated carbocycles. The number of carbonyl (C=O) groups excluding carboxylic acids is 2. The number of amides is 2. The van der Waals surface area contributed by atoms with Crippen molar-refractivity contribution in [3.05, 3.63) is 101 Å². The molecule has 0 unspecified atom stereocenters. The summed E-state index contributed by atoms with van der Waals surface area (Å²) in [7, 11) is 1.58. The van der Waals surface area contributed by atoms with Crippen molar-refractivity contribution in [2.45, 2.75) is 19.0 Å². The summed E-state index contributed by atoms with van der Waals surface area (Å²) in [5.74, 6) is -0.343. The predicted molar refractivity (Wildman–Crippen MR) is 118 cm³/mol. The number of halogens is 1. The van der Waals surface area contributed by atoms with E-state index in [9.17, 15) is 14.0 Å². The van der Waals surface area contributed by atoms with Crippen molar-refractivity contribution < 1.29 is 23.4 Å². The lowest BCUT2D eigenvalue weighted by atomic mass is 9.99. The van der Waals surface area contributed by atoms with E-state index in [1.54, 1.807) is 60.5 Å². The van der Waals surface area contributed by atoms with Crippen LogP contribution in [0.5, 0.6) is 5.75 Å². The first-order valence-corrected chi connectivity index (χ1v) is 10.2. The highest BCUT2D eigenvalue weighted by Gasteiger charge is 2.47. The molecule has 1 aliphatic rings. The molecular weight excluding hydrogens is 409 g/mol. The average molecular weight is 432 g/mol. The van der Waals surface area contributed by atoms with Crippen LogP contribution in [-0.2, 0) is 4.79 Å². The zero-order valence-corrected chi connectivity index (χ0v) is 17.7. The lowest BCUT2D eigenvalue weighted by Gasteiger charge is -2.15. The van der Waals surface area contributed by atoms with Crippen LogP contribution < -0.4 is 15.5 Å². The third-order valence-corrected chi connectivity index (χ3v) is 5.32. The van der Waals surface area contributed by atoms with E-state index in [0.717, 1.165) is 11.1 Å². The topological polar surface area (TPSA) is 70.4 Å². The number of methoxy groups -OCH3 is 1. The largest absolute Gasteiger partial charge is 0.497 e. The van der Waals surface area contributed by atoms with Crippen molar-refractivity contribution in [3.63, 3.8) is 0 Å². The normalized spacial score (nSPS) is 19.0. The van der Waals surface area contributed by atoms with Gasteiger partial charge >= 0.3 is 5.91 Å². The zero-order valence-electron chi connectivity index (χ0n) is 17.7. The fourth-order valence-corrected chi connectivity index (χ4v) is 3.70. The van der Waals surface area contributed by atoms with Gasteiger partial charge in [0.05, 0.1) is 7.11 Å². The van der Waals surface area contributed by atoms with Gasteiger partial charge in [-0.1, -0.05) is 17.7 Å². The molecular formula is C25H23FN3O3+. The van der Waals surface area contributed by atoms with E-state index in [2.05, 4.69) is 10.7 Å². The number of hydrazine groups is 1. The summed E-state index contributed by atoms with van der Waals surface area (Å²) in [5, 5.41) is 2.87. The zero-order chi connectivity index (χ0) is 22.7. The molecule has 0 radical (unpaired) electrons. The lowest BCUT2D eigenvalue weighted by Crippen LogP contribution is -2.42. The van der Waals surface area contributed by atoms with E-state index in [1.165, 1.54) is 12.1 Å². The maximum Gasteiger partial charge on any atom is 0.304 e. The summed E-state index contributed by atoms with van der Waals surface area (Å²) in [4.78, 5) is 25.8. The van der Waals surface area contributed by atoms with Crippen molar-refractivity contribution in [1.82, 2.24) is 10.7 Å². The highest BCUT2D eigenvalue weighted by molar-refractivity contribution is 5.98. The van der Waals surface area contributed by atoms with Crippen LogP contribution in [0.25, 0.3) is 0 Å². The molecule has 1 saturated heterocycles. The van der Waals surface area contributed by atoms with Crippen LogP contribution in [0.2, 0.25) is 0 Å². The molecule has 2 amide bonds. The summed E-state index contributed by atoms with van der Waals surface area (Å²) < 4.78 is 20.2. The first kappa shape index (κ1) is 21.2. The summed E-state index contributed by atoms with van der Waals surface area (Å²) in [6.07, 6.45) is 1.71. The predicted octanol–water partition coefficient (Wildman–Crippen LogP) is 3.16. The molecule has 2 atom stereocenters. The quantitative estimate of drug-likeness (QED) is 0.609. The summed E-state index contributed by atoms with van der Waals surface area (Å²) >= 11 is 0. The molecule has 4 rings (SSSR count). The number of rotatable bonds is 5.